The zero-order valence-corrected chi connectivity index (χ0v) is 9.84. The molecular formula is C8H8F8N2O2. The summed E-state index contributed by atoms with van der Waals surface area (Å²) in [5.41, 5.74) is 0. The van der Waals surface area contributed by atoms with Gasteiger partial charge >= 0.3 is 23.7 Å². The van der Waals surface area contributed by atoms with E-state index in [9.17, 15) is 44.7 Å². The normalized spacial score (nSPS) is 13.9. The molecule has 118 valence electrons. The van der Waals surface area contributed by atoms with Gasteiger partial charge in [-0.05, 0) is 0 Å². The third kappa shape index (κ3) is 2.26. The molecule has 0 aromatic rings. The van der Waals surface area contributed by atoms with Gasteiger partial charge in [-0.15, -0.1) is 0 Å². The zero-order chi connectivity index (χ0) is 16.6. The minimum absolute atomic E-state index is 0.404. The van der Waals surface area contributed by atoms with Gasteiger partial charge in [-0.25, -0.2) is 0 Å². The molecule has 4 nitrogen and oxygen atoms in total. The molecule has 0 bridgehead atoms. The van der Waals surface area contributed by atoms with E-state index < -0.39 is 35.5 Å². The van der Waals surface area contributed by atoms with Gasteiger partial charge in [-0.3, -0.25) is 9.59 Å². The first-order valence-corrected chi connectivity index (χ1v) is 4.67. The molecule has 0 spiro atoms. The molecule has 0 rings (SSSR count). The predicted octanol–water partition coefficient (Wildman–Crippen LogP) is 1.02. The van der Waals surface area contributed by atoms with E-state index in [2.05, 4.69) is 0 Å². The molecular weight excluding hydrogens is 308 g/mol. The van der Waals surface area contributed by atoms with E-state index in [0.29, 0.717) is 14.1 Å². The highest BCUT2D eigenvalue weighted by Gasteiger charge is 2.84. The minimum atomic E-state index is -6.81. The molecule has 0 heterocycles. The maximum Gasteiger partial charge on any atom is 0.392 e. The molecule has 0 saturated carbocycles. The molecule has 0 unspecified atom stereocenters. The Hall–Kier alpha value is -1.62. The van der Waals surface area contributed by atoms with Crippen LogP contribution >= 0.6 is 0 Å². The lowest BCUT2D eigenvalue weighted by Crippen LogP contribution is -2.68. The minimum Gasteiger partial charge on any atom is -0.354 e. The smallest absolute Gasteiger partial charge is 0.354 e. The molecule has 0 atom stereocenters. The number of carbonyl (C=O) groups is 2. The highest BCUT2D eigenvalue weighted by atomic mass is 19.4. The monoisotopic (exact) mass is 316 g/mol. The molecule has 12 heteroatoms. The fourth-order valence-electron chi connectivity index (χ4n) is 0.993. The van der Waals surface area contributed by atoms with Crippen LogP contribution in [-0.2, 0) is 9.59 Å². The Bertz CT molecular complexity index is 371. The van der Waals surface area contributed by atoms with Crippen LogP contribution in [0.2, 0.25) is 0 Å². The van der Waals surface area contributed by atoms with E-state index in [1.165, 1.54) is 0 Å². The standard InChI is InChI=1S/C8H8F8N2O2/c1-17-3(19)5(9,10)7(13,14)8(15,16)6(11,12)4(20)18-2/h1-2H3,(H,17,19)(H,18,20). The maximum atomic E-state index is 13.0. The van der Waals surface area contributed by atoms with Gasteiger partial charge in [-0.2, -0.15) is 35.1 Å². The van der Waals surface area contributed by atoms with Crippen LogP contribution in [0.25, 0.3) is 0 Å². The molecule has 0 fully saturated rings. The van der Waals surface area contributed by atoms with E-state index in [4.69, 9.17) is 0 Å². The topological polar surface area (TPSA) is 58.2 Å². The third-order valence-corrected chi connectivity index (χ3v) is 2.21. The summed E-state index contributed by atoms with van der Waals surface area (Å²) in [5.74, 6) is -31.8. The Balaban J connectivity index is 5.92. The predicted molar refractivity (Wildman–Crippen MR) is 47.9 cm³/mol. The molecule has 0 radical (unpaired) electrons. The van der Waals surface area contributed by atoms with E-state index in [1.54, 1.807) is 0 Å². The molecule has 2 amide bonds. The number of hydrogen-bond donors (Lipinski definition) is 2. The molecule has 0 aromatic carbocycles. The number of hydrogen-bond acceptors (Lipinski definition) is 2. The summed E-state index contributed by atoms with van der Waals surface area (Å²) in [6.07, 6.45) is 0. The van der Waals surface area contributed by atoms with Crippen molar-refractivity contribution >= 4 is 11.8 Å². The summed E-state index contributed by atoms with van der Waals surface area (Å²) in [6, 6.07) is 0. The summed E-state index contributed by atoms with van der Waals surface area (Å²) in [7, 11) is 0.808. The van der Waals surface area contributed by atoms with E-state index >= 15 is 0 Å². The Kier molecular flexibility index (Phi) is 4.64. The summed E-state index contributed by atoms with van der Waals surface area (Å²) in [4.78, 5) is 20.9. The summed E-state index contributed by atoms with van der Waals surface area (Å²) >= 11 is 0. The molecule has 0 aliphatic heterocycles. The van der Waals surface area contributed by atoms with E-state index in [0.717, 1.165) is 10.6 Å². The van der Waals surface area contributed by atoms with Crippen molar-refractivity contribution in [1.82, 2.24) is 10.6 Å². The van der Waals surface area contributed by atoms with Gasteiger partial charge in [0.1, 0.15) is 0 Å². The first-order chi connectivity index (χ1) is 8.71. The van der Waals surface area contributed by atoms with Crippen LogP contribution < -0.4 is 10.6 Å². The van der Waals surface area contributed by atoms with Crippen molar-refractivity contribution < 1.29 is 44.7 Å². The summed E-state index contributed by atoms with van der Waals surface area (Å²) in [5, 5.41) is 1.86. The molecule has 0 aliphatic rings. The first-order valence-electron chi connectivity index (χ1n) is 4.67. The van der Waals surface area contributed by atoms with Crippen molar-refractivity contribution in [2.24, 2.45) is 0 Å². The lowest BCUT2D eigenvalue weighted by atomic mass is 9.97. The van der Waals surface area contributed by atoms with E-state index in [-0.39, 0.29) is 0 Å². The SMILES string of the molecule is CNC(=O)C(F)(F)C(F)(F)C(F)(F)C(F)(F)C(=O)NC. The van der Waals surface area contributed by atoms with Gasteiger partial charge < -0.3 is 10.6 Å². The van der Waals surface area contributed by atoms with Gasteiger partial charge in [0.05, 0.1) is 0 Å². The molecule has 0 saturated heterocycles. The lowest BCUT2D eigenvalue weighted by molar-refractivity contribution is -0.347. The average molecular weight is 316 g/mol. The van der Waals surface area contributed by atoms with Crippen molar-refractivity contribution in [2.75, 3.05) is 14.1 Å². The van der Waals surface area contributed by atoms with Crippen molar-refractivity contribution in [3.05, 3.63) is 0 Å². The lowest BCUT2D eigenvalue weighted by Gasteiger charge is -2.34. The van der Waals surface area contributed by atoms with Crippen LogP contribution in [0.4, 0.5) is 35.1 Å². The van der Waals surface area contributed by atoms with Crippen LogP contribution in [-0.4, -0.2) is 49.6 Å². The molecule has 20 heavy (non-hydrogen) atoms. The maximum absolute atomic E-state index is 13.0. The Morgan fingerprint density at radius 1 is 0.650 bits per heavy atom. The Morgan fingerprint density at radius 3 is 1.00 bits per heavy atom. The quantitative estimate of drug-likeness (QED) is 0.744. The summed E-state index contributed by atoms with van der Waals surface area (Å²) in [6.45, 7) is 0. The van der Waals surface area contributed by atoms with Crippen LogP contribution in [0, 0.1) is 0 Å². The number of amides is 2. The number of alkyl halides is 8. The fourth-order valence-corrected chi connectivity index (χ4v) is 0.993. The first kappa shape index (κ1) is 18.4. The zero-order valence-electron chi connectivity index (χ0n) is 9.84. The van der Waals surface area contributed by atoms with Gasteiger partial charge in [0.25, 0.3) is 11.8 Å². The highest BCUT2D eigenvalue weighted by molar-refractivity contribution is 5.87. The van der Waals surface area contributed by atoms with Gasteiger partial charge in [0.15, 0.2) is 0 Å². The average Bonchev–Trinajstić information content (AvgIpc) is 2.35. The Labute approximate surface area is 106 Å². The van der Waals surface area contributed by atoms with Gasteiger partial charge in [0, 0.05) is 14.1 Å². The number of nitrogens with one attached hydrogen (secondary N) is 2. The van der Waals surface area contributed by atoms with Crippen molar-refractivity contribution in [3.63, 3.8) is 0 Å². The molecule has 0 aromatic heterocycles. The number of halogens is 8. The summed E-state index contributed by atoms with van der Waals surface area (Å²) < 4.78 is 103. The fraction of sp³-hybridized carbons (Fsp3) is 0.750. The van der Waals surface area contributed by atoms with Crippen LogP contribution in [0.15, 0.2) is 0 Å². The second-order valence-electron chi connectivity index (χ2n) is 3.46. The van der Waals surface area contributed by atoms with Crippen LogP contribution in [0.5, 0.6) is 0 Å². The number of rotatable bonds is 5. The molecule has 0 aliphatic carbocycles. The Morgan fingerprint density at radius 2 is 0.850 bits per heavy atom. The number of carbonyl (C=O) groups excluding carboxylic acids is 2. The third-order valence-electron chi connectivity index (χ3n) is 2.21. The van der Waals surface area contributed by atoms with E-state index in [1.807, 2.05) is 0 Å². The van der Waals surface area contributed by atoms with Gasteiger partial charge in [0.2, 0.25) is 0 Å². The van der Waals surface area contributed by atoms with Gasteiger partial charge in [-0.1, -0.05) is 0 Å². The van der Waals surface area contributed by atoms with Crippen LogP contribution in [0.3, 0.4) is 0 Å². The second-order valence-corrected chi connectivity index (χ2v) is 3.46. The highest BCUT2D eigenvalue weighted by Crippen LogP contribution is 2.52. The van der Waals surface area contributed by atoms with Crippen LogP contribution in [0.1, 0.15) is 0 Å². The largest absolute Gasteiger partial charge is 0.392 e. The molecule has 2 N–H and O–H groups in total. The van der Waals surface area contributed by atoms with Crippen molar-refractivity contribution in [1.29, 1.82) is 0 Å². The van der Waals surface area contributed by atoms with Crippen molar-refractivity contribution in [2.45, 2.75) is 23.7 Å². The second kappa shape index (κ2) is 5.05. The van der Waals surface area contributed by atoms with Crippen molar-refractivity contribution in [3.8, 4) is 0 Å².